The Kier molecular flexibility index (Phi) is 6.95. The van der Waals surface area contributed by atoms with Gasteiger partial charge in [0.15, 0.2) is 11.5 Å². The summed E-state index contributed by atoms with van der Waals surface area (Å²) in [6.07, 6.45) is 1.72. The van der Waals surface area contributed by atoms with E-state index >= 15 is 0 Å². The summed E-state index contributed by atoms with van der Waals surface area (Å²) >= 11 is 7.64. The molecule has 0 bridgehead atoms. The number of benzene rings is 1. The van der Waals surface area contributed by atoms with Crippen molar-refractivity contribution in [1.29, 1.82) is 0 Å². The van der Waals surface area contributed by atoms with Gasteiger partial charge in [-0.2, -0.15) is 0 Å². The smallest absolute Gasteiger partial charge is 0.261 e. The first kappa shape index (κ1) is 19.5. The molecular formula is C19H21ClN2O4S. The summed E-state index contributed by atoms with van der Waals surface area (Å²) in [5.41, 5.74) is 0.851. The van der Waals surface area contributed by atoms with Crippen LogP contribution in [0.5, 0.6) is 11.5 Å². The third kappa shape index (κ3) is 5.61. The fourth-order valence-corrected chi connectivity index (χ4v) is 3.55. The van der Waals surface area contributed by atoms with Crippen LogP contribution >= 0.6 is 22.9 Å². The maximum atomic E-state index is 12.0. The Morgan fingerprint density at radius 1 is 1.19 bits per heavy atom. The van der Waals surface area contributed by atoms with E-state index in [1.165, 1.54) is 11.3 Å². The minimum absolute atomic E-state index is 0.0800. The summed E-state index contributed by atoms with van der Waals surface area (Å²) in [6.45, 7) is 1.97. The molecule has 1 aliphatic rings. The number of amides is 2. The highest BCUT2D eigenvalue weighted by molar-refractivity contribution is 7.12. The van der Waals surface area contributed by atoms with E-state index in [1.54, 1.807) is 12.1 Å². The molecule has 2 amide bonds. The lowest BCUT2D eigenvalue weighted by molar-refractivity contribution is -0.121. The molecule has 0 spiro atoms. The molecule has 0 unspecified atom stereocenters. The topological polar surface area (TPSA) is 76.7 Å². The van der Waals surface area contributed by atoms with Gasteiger partial charge in [0.2, 0.25) is 5.91 Å². The van der Waals surface area contributed by atoms with E-state index in [9.17, 15) is 9.59 Å². The van der Waals surface area contributed by atoms with Crippen LogP contribution in [-0.2, 0) is 11.3 Å². The fraction of sp³-hybridized carbons (Fsp3) is 0.368. The largest absolute Gasteiger partial charge is 0.489 e. The zero-order chi connectivity index (χ0) is 19.1. The van der Waals surface area contributed by atoms with Gasteiger partial charge in [-0.25, -0.2) is 0 Å². The molecule has 2 aromatic rings. The molecular weight excluding hydrogens is 388 g/mol. The second kappa shape index (κ2) is 9.62. The molecule has 1 aromatic carbocycles. The number of fused-ring (bicyclic) bond motifs is 1. The molecule has 6 nitrogen and oxygen atoms in total. The van der Waals surface area contributed by atoms with Crippen LogP contribution < -0.4 is 20.1 Å². The van der Waals surface area contributed by atoms with Crippen molar-refractivity contribution in [3.05, 3.63) is 45.1 Å². The number of thiophene rings is 1. The van der Waals surface area contributed by atoms with Crippen LogP contribution in [0, 0.1) is 0 Å². The van der Waals surface area contributed by atoms with E-state index in [-0.39, 0.29) is 11.8 Å². The first-order valence-corrected chi connectivity index (χ1v) is 10.1. The lowest BCUT2D eigenvalue weighted by Gasteiger charge is -2.12. The molecule has 0 fully saturated rings. The average Bonchev–Trinajstić information content (AvgIpc) is 3.09. The molecule has 0 aliphatic carbocycles. The average molecular weight is 409 g/mol. The minimum atomic E-state index is -0.104. The van der Waals surface area contributed by atoms with Crippen LogP contribution in [0.4, 0.5) is 0 Å². The monoisotopic (exact) mass is 408 g/mol. The molecule has 2 heterocycles. The van der Waals surface area contributed by atoms with E-state index in [4.69, 9.17) is 21.1 Å². The maximum Gasteiger partial charge on any atom is 0.261 e. The van der Waals surface area contributed by atoms with Crippen LogP contribution in [0.3, 0.4) is 0 Å². The number of nitrogens with one attached hydrogen (secondary N) is 2. The highest BCUT2D eigenvalue weighted by atomic mass is 35.5. The Labute approximate surface area is 166 Å². The summed E-state index contributed by atoms with van der Waals surface area (Å²) in [5, 5.41) is 8.00. The third-order valence-electron chi connectivity index (χ3n) is 3.96. The van der Waals surface area contributed by atoms with E-state index in [2.05, 4.69) is 10.6 Å². The number of carbonyl (C=O) groups excluding carboxylic acids is 2. The normalized spacial score (nSPS) is 12.9. The highest BCUT2D eigenvalue weighted by Crippen LogP contribution is 2.37. The van der Waals surface area contributed by atoms with E-state index in [0.29, 0.717) is 60.5 Å². The SMILES string of the molecule is O=C(CCCNC(=O)c1cccs1)NCc1cc(Cl)c2c(c1)OCCCO2. The molecule has 3 rings (SSSR count). The van der Waals surface area contributed by atoms with Crippen molar-refractivity contribution < 1.29 is 19.1 Å². The Bertz CT molecular complexity index is 795. The lowest BCUT2D eigenvalue weighted by Crippen LogP contribution is -2.27. The number of ether oxygens (including phenoxy) is 2. The van der Waals surface area contributed by atoms with Crippen molar-refractivity contribution in [2.75, 3.05) is 19.8 Å². The molecule has 1 aromatic heterocycles. The maximum absolute atomic E-state index is 12.0. The van der Waals surface area contributed by atoms with Gasteiger partial charge in [0.1, 0.15) is 0 Å². The minimum Gasteiger partial charge on any atom is -0.489 e. The number of hydrogen-bond acceptors (Lipinski definition) is 5. The summed E-state index contributed by atoms with van der Waals surface area (Å²) < 4.78 is 11.2. The quantitative estimate of drug-likeness (QED) is 0.688. The van der Waals surface area contributed by atoms with Crippen LogP contribution in [0.15, 0.2) is 29.6 Å². The fourth-order valence-electron chi connectivity index (χ4n) is 2.62. The molecule has 144 valence electrons. The summed E-state index contributed by atoms with van der Waals surface area (Å²) in [4.78, 5) is 24.5. The second-order valence-electron chi connectivity index (χ2n) is 6.07. The Hall–Kier alpha value is -2.25. The summed E-state index contributed by atoms with van der Waals surface area (Å²) in [5.74, 6) is 0.988. The molecule has 0 atom stereocenters. The van der Waals surface area contributed by atoms with Crippen molar-refractivity contribution in [3.8, 4) is 11.5 Å². The van der Waals surface area contributed by atoms with Gasteiger partial charge < -0.3 is 20.1 Å². The van der Waals surface area contributed by atoms with Crippen molar-refractivity contribution in [2.45, 2.75) is 25.8 Å². The van der Waals surface area contributed by atoms with Gasteiger partial charge in [-0.05, 0) is 35.6 Å². The van der Waals surface area contributed by atoms with Gasteiger partial charge in [0, 0.05) is 25.9 Å². The van der Waals surface area contributed by atoms with Gasteiger partial charge in [-0.3, -0.25) is 9.59 Å². The number of carbonyl (C=O) groups is 2. The van der Waals surface area contributed by atoms with Gasteiger partial charge in [-0.1, -0.05) is 17.7 Å². The molecule has 0 saturated heterocycles. The van der Waals surface area contributed by atoms with Crippen molar-refractivity contribution in [3.63, 3.8) is 0 Å². The predicted molar refractivity (Wildman–Crippen MR) is 105 cm³/mol. The van der Waals surface area contributed by atoms with Crippen LogP contribution in [-0.4, -0.2) is 31.6 Å². The Morgan fingerprint density at radius 3 is 2.85 bits per heavy atom. The third-order valence-corrected chi connectivity index (χ3v) is 5.11. The number of halogens is 1. The van der Waals surface area contributed by atoms with Gasteiger partial charge in [0.25, 0.3) is 5.91 Å². The van der Waals surface area contributed by atoms with Crippen molar-refractivity contribution in [1.82, 2.24) is 10.6 Å². The molecule has 1 aliphatic heterocycles. The first-order valence-electron chi connectivity index (χ1n) is 8.80. The first-order chi connectivity index (χ1) is 13.1. The standard InChI is InChI=1S/C19H21ClN2O4S/c20-14-10-13(11-15-18(14)26-8-3-7-25-15)12-22-17(23)5-1-6-21-19(24)16-4-2-9-27-16/h2,4,9-11H,1,3,5-8,12H2,(H,21,24)(H,22,23). The Balaban J connectivity index is 1.41. The summed E-state index contributed by atoms with van der Waals surface area (Å²) in [6, 6.07) is 7.22. The van der Waals surface area contributed by atoms with Crippen LogP contribution in [0.1, 0.15) is 34.5 Å². The van der Waals surface area contributed by atoms with Crippen LogP contribution in [0.25, 0.3) is 0 Å². The lowest BCUT2D eigenvalue weighted by atomic mass is 10.2. The molecule has 0 saturated carbocycles. The highest BCUT2D eigenvalue weighted by Gasteiger charge is 2.16. The zero-order valence-corrected chi connectivity index (χ0v) is 16.3. The molecule has 2 N–H and O–H groups in total. The van der Waals surface area contributed by atoms with Gasteiger partial charge in [-0.15, -0.1) is 11.3 Å². The van der Waals surface area contributed by atoms with Crippen molar-refractivity contribution in [2.24, 2.45) is 0 Å². The second-order valence-corrected chi connectivity index (χ2v) is 7.42. The molecule has 27 heavy (non-hydrogen) atoms. The predicted octanol–water partition coefficient (Wildman–Crippen LogP) is 3.39. The number of rotatable bonds is 7. The van der Waals surface area contributed by atoms with E-state index < -0.39 is 0 Å². The van der Waals surface area contributed by atoms with Gasteiger partial charge in [0.05, 0.1) is 23.1 Å². The Morgan fingerprint density at radius 2 is 2.04 bits per heavy atom. The van der Waals surface area contributed by atoms with Gasteiger partial charge >= 0.3 is 0 Å². The zero-order valence-electron chi connectivity index (χ0n) is 14.8. The van der Waals surface area contributed by atoms with E-state index in [1.807, 2.05) is 17.5 Å². The molecule has 0 radical (unpaired) electrons. The molecule has 8 heteroatoms. The summed E-state index contributed by atoms with van der Waals surface area (Å²) in [7, 11) is 0. The van der Waals surface area contributed by atoms with E-state index in [0.717, 1.165) is 12.0 Å². The number of hydrogen-bond donors (Lipinski definition) is 2. The van der Waals surface area contributed by atoms with Crippen LogP contribution in [0.2, 0.25) is 5.02 Å². The van der Waals surface area contributed by atoms with Crippen molar-refractivity contribution >= 4 is 34.8 Å².